The molecular weight excluding hydrogens is 396 g/mol. The minimum atomic E-state index is -0.188. The summed E-state index contributed by atoms with van der Waals surface area (Å²) in [5.74, 6) is 1.09. The first-order valence-corrected chi connectivity index (χ1v) is 11.4. The molecule has 1 fully saturated rings. The molecule has 4 N–H and O–H groups in total. The fraction of sp³-hybridized carbons (Fsp3) is 0.682. The second kappa shape index (κ2) is 13.7. The highest BCUT2D eigenvalue weighted by atomic mass is 16.3. The lowest BCUT2D eigenvalue weighted by Gasteiger charge is -2.32. The fourth-order valence-electron chi connectivity index (χ4n) is 3.43. The summed E-state index contributed by atoms with van der Waals surface area (Å²) < 4.78 is 5.20. The quantitative estimate of drug-likeness (QED) is 0.237. The van der Waals surface area contributed by atoms with Gasteiger partial charge in [-0.3, -0.25) is 19.5 Å². The maximum atomic E-state index is 12.0. The molecule has 2 heterocycles. The second-order valence-electron chi connectivity index (χ2n) is 7.85. The Kier molecular flexibility index (Phi) is 10.9. The van der Waals surface area contributed by atoms with E-state index < -0.39 is 0 Å². The molecule has 0 spiro atoms. The number of aliphatic imine (C=N–C) groups is 1. The summed E-state index contributed by atoms with van der Waals surface area (Å²) in [6, 6.07) is 2.12. The molecule has 174 valence electrons. The van der Waals surface area contributed by atoms with Gasteiger partial charge in [-0.25, -0.2) is 0 Å². The van der Waals surface area contributed by atoms with Crippen LogP contribution in [0, 0.1) is 6.92 Å². The van der Waals surface area contributed by atoms with Crippen molar-refractivity contribution in [3.63, 3.8) is 0 Å². The van der Waals surface area contributed by atoms with Crippen molar-refractivity contribution in [3.8, 4) is 0 Å². The topological polar surface area (TPSA) is 111 Å². The number of hydrogen-bond donors (Lipinski definition) is 4. The molecule has 0 aromatic carbocycles. The van der Waals surface area contributed by atoms with E-state index >= 15 is 0 Å². The molecule has 1 aliphatic rings. The van der Waals surface area contributed by atoms with E-state index in [1.54, 1.807) is 6.07 Å². The average molecular weight is 435 g/mol. The molecule has 1 aliphatic heterocycles. The summed E-state index contributed by atoms with van der Waals surface area (Å²) in [6.07, 6.45) is 5.18. The third-order valence-electron chi connectivity index (χ3n) is 5.17. The Morgan fingerprint density at radius 2 is 1.94 bits per heavy atom. The number of furan rings is 1. The number of piperidine rings is 1. The molecule has 9 nitrogen and oxygen atoms in total. The minimum absolute atomic E-state index is 0.109. The van der Waals surface area contributed by atoms with Crippen LogP contribution in [0.1, 0.15) is 55.6 Å². The van der Waals surface area contributed by atoms with E-state index in [1.807, 2.05) is 13.8 Å². The number of hydrogen-bond acceptors (Lipinski definition) is 5. The van der Waals surface area contributed by atoms with Crippen LogP contribution in [0.15, 0.2) is 21.7 Å². The van der Waals surface area contributed by atoms with E-state index in [1.165, 1.54) is 6.26 Å². The molecule has 2 rings (SSSR count). The predicted molar refractivity (Wildman–Crippen MR) is 122 cm³/mol. The summed E-state index contributed by atoms with van der Waals surface area (Å²) in [4.78, 5) is 30.8. The van der Waals surface area contributed by atoms with Crippen molar-refractivity contribution >= 4 is 17.8 Å². The molecule has 0 unspecified atom stereocenters. The third kappa shape index (κ3) is 9.00. The molecule has 1 saturated heterocycles. The van der Waals surface area contributed by atoms with Crippen LogP contribution in [0.25, 0.3) is 0 Å². The maximum Gasteiger partial charge on any atom is 0.287 e. The van der Waals surface area contributed by atoms with Crippen molar-refractivity contribution in [2.75, 3.05) is 45.8 Å². The van der Waals surface area contributed by atoms with Gasteiger partial charge in [-0.05, 0) is 45.6 Å². The normalized spacial score (nSPS) is 15.5. The largest absolute Gasteiger partial charge is 0.459 e. The number of amides is 2. The zero-order valence-electron chi connectivity index (χ0n) is 19.1. The van der Waals surface area contributed by atoms with Crippen molar-refractivity contribution in [2.45, 2.75) is 52.5 Å². The summed E-state index contributed by atoms with van der Waals surface area (Å²) in [5.41, 5.74) is 0.835. The lowest BCUT2D eigenvalue weighted by molar-refractivity contribution is -0.122. The highest BCUT2D eigenvalue weighted by Crippen LogP contribution is 2.10. The highest BCUT2D eigenvalue weighted by Gasteiger charge is 2.21. The standard InChI is InChI=1S/C22H38N6O3/c1-4-10-24-19(29)16-28-13-7-18(8-14-28)27-22(23-5-2)26-12-6-11-25-21(30)20-17(3)9-15-31-20/h9,15,18H,4-8,10-14,16H2,1-3H3,(H,24,29)(H,25,30)(H2,23,26,27). The van der Waals surface area contributed by atoms with Crippen LogP contribution in [0.4, 0.5) is 0 Å². The van der Waals surface area contributed by atoms with Gasteiger partial charge in [0.2, 0.25) is 5.91 Å². The monoisotopic (exact) mass is 434 g/mol. The van der Waals surface area contributed by atoms with Crippen LogP contribution in [0.5, 0.6) is 0 Å². The number of likely N-dealkylation sites (tertiary alicyclic amines) is 1. The van der Waals surface area contributed by atoms with Gasteiger partial charge in [0.15, 0.2) is 11.7 Å². The van der Waals surface area contributed by atoms with E-state index in [4.69, 9.17) is 4.42 Å². The summed E-state index contributed by atoms with van der Waals surface area (Å²) >= 11 is 0. The van der Waals surface area contributed by atoms with Gasteiger partial charge in [-0.1, -0.05) is 6.92 Å². The van der Waals surface area contributed by atoms with Crippen LogP contribution >= 0.6 is 0 Å². The van der Waals surface area contributed by atoms with E-state index in [9.17, 15) is 9.59 Å². The Hall–Kier alpha value is -2.55. The van der Waals surface area contributed by atoms with Crippen molar-refractivity contribution in [1.82, 2.24) is 26.2 Å². The lowest BCUT2D eigenvalue weighted by atomic mass is 10.1. The number of carbonyl (C=O) groups excluding carboxylic acids is 2. The number of rotatable bonds is 11. The molecular formula is C22H38N6O3. The van der Waals surface area contributed by atoms with Gasteiger partial charge in [0, 0.05) is 50.9 Å². The molecule has 0 atom stereocenters. The fourth-order valence-corrected chi connectivity index (χ4v) is 3.43. The van der Waals surface area contributed by atoms with Gasteiger partial charge in [-0.15, -0.1) is 0 Å². The Morgan fingerprint density at radius 3 is 2.58 bits per heavy atom. The van der Waals surface area contributed by atoms with E-state index in [0.717, 1.165) is 63.4 Å². The van der Waals surface area contributed by atoms with Crippen LogP contribution in [-0.2, 0) is 4.79 Å². The number of guanidine groups is 1. The molecule has 1 aromatic rings. The van der Waals surface area contributed by atoms with Crippen LogP contribution in [-0.4, -0.2) is 74.5 Å². The SMILES string of the molecule is CCCNC(=O)CN1CCC(NC(=NCCCNC(=O)c2occc2C)NCC)CC1. The molecule has 2 amide bonds. The first-order valence-electron chi connectivity index (χ1n) is 11.4. The summed E-state index contributed by atoms with van der Waals surface area (Å²) in [6.45, 7) is 10.9. The van der Waals surface area contributed by atoms with Gasteiger partial charge in [-0.2, -0.15) is 0 Å². The van der Waals surface area contributed by atoms with Gasteiger partial charge >= 0.3 is 0 Å². The molecule has 1 aromatic heterocycles. The van der Waals surface area contributed by atoms with E-state index in [-0.39, 0.29) is 11.8 Å². The zero-order chi connectivity index (χ0) is 22.5. The van der Waals surface area contributed by atoms with Crippen LogP contribution < -0.4 is 21.3 Å². The molecule has 0 aliphatic carbocycles. The third-order valence-corrected chi connectivity index (χ3v) is 5.17. The Balaban J connectivity index is 1.67. The van der Waals surface area contributed by atoms with Crippen LogP contribution in [0.3, 0.4) is 0 Å². The number of carbonyl (C=O) groups is 2. The predicted octanol–water partition coefficient (Wildman–Crippen LogP) is 1.25. The molecule has 31 heavy (non-hydrogen) atoms. The second-order valence-corrected chi connectivity index (χ2v) is 7.85. The number of aryl methyl sites for hydroxylation is 1. The smallest absolute Gasteiger partial charge is 0.287 e. The van der Waals surface area contributed by atoms with Gasteiger partial charge in [0.05, 0.1) is 12.8 Å². The molecule has 0 radical (unpaired) electrons. The average Bonchev–Trinajstić information content (AvgIpc) is 3.19. The van der Waals surface area contributed by atoms with Crippen molar-refractivity contribution in [3.05, 3.63) is 23.7 Å². The lowest BCUT2D eigenvalue weighted by Crippen LogP contribution is -2.50. The first-order chi connectivity index (χ1) is 15.0. The van der Waals surface area contributed by atoms with Crippen LogP contribution in [0.2, 0.25) is 0 Å². The minimum Gasteiger partial charge on any atom is -0.459 e. The van der Waals surface area contributed by atoms with Gasteiger partial charge in [0.25, 0.3) is 5.91 Å². The molecule has 0 saturated carbocycles. The van der Waals surface area contributed by atoms with Crippen molar-refractivity contribution in [1.29, 1.82) is 0 Å². The first kappa shape index (κ1) is 24.7. The Bertz CT molecular complexity index is 710. The number of nitrogens with one attached hydrogen (secondary N) is 4. The summed E-state index contributed by atoms with van der Waals surface area (Å²) in [7, 11) is 0. The maximum absolute atomic E-state index is 12.0. The number of nitrogens with zero attached hydrogens (tertiary/aromatic N) is 2. The van der Waals surface area contributed by atoms with Gasteiger partial charge < -0.3 is 25.7 Å². The van der Waals surface area contributed by atoms with E-state index in [2.05, 4.69) is 38.1 Å². The molecule has 9 heteroatoms. The van der Waals surface area contributed by atoms with Gasteiger partial charge in [0.1, 0.15) is 0 Å². The summed E-state index contributed by atoms with van der Waals surface area (Å²) in [5, 5.41) is 12.6. The molecule has 0 bridgehead atoms. The van der Waals surface area contributed by atoms with Crippen molar-refractivity contribution < 1.29 is 14.0 Å². The Morgan fingerprint density at radius 1 is 1.16 bits per heavy atom. The van der Waals surface area contributed by atoms with E-state index in [0.29, 0.717) is 31.4 Å². The highest BCUT2D eigenvalue weighted by molar-refractivity contribution is 5.92. The zero-order valence-corrected chi connectivity index (χ0v) is 19.1. The Labute approximate surface area is 185 Å². The van der Waals surface area contributed by atoms with Crippen molar-refractivity contribution in [2.24, 2.45) is 4.99 Å².